The minimum atomic E-state index is 0.171. The number of hydrogen-bond acceptors (Lipinski definition) is 6. The number of allylic oxidation sites excluding steroid dienone is 1. The van der Waals surface area contributed by atoms with Crippen LogP contribution in [0, 0.1) is 0 Å². The summed E-state index contributed by atoms with van der Waals surface area (Å²) in [5.74, 6) is 2.57. The van der Waals surface area contributed by atoms with Gasteiger partial charge in [-0.1, -0.05) is 24.3 Å². The number of aliphatic imine (C=N–C) groups is 2. The van der Waals surface area contributed by atoms with Crippen molar-refractivity contribution < 1.29 is 4.74 Å². The molecule has 2 aliphatic rings. The van der Waals surface area contributed by atoms with Gasteiger partial charge in [-0.05, 0) is 69.6 Å². The van der Waals surface area contributed by atoms with E-state index in [9.17, 15) is 0 Å². The van der Waals surface area contributed by atoms with Crippen LogP contribution in [0.5, 0.6) is 5.75 Å². The lowest BCUT2D eigenvalue weighted by Gasteiger charge is -2.30. The second-order valence-corrected chi connectivity index (χ2v) is 9.88. The monoisotopic (exact) mass is 463 g/mol. The van der Waals surface area contributed by atoms with Gasteiger partial charge in [-0.2, -0.15) is 0 Å². The number of likely N-dealkylation sites (N-methyl/N-ethyl adjacent to an activating group) is 1. The fourth-order valence-electron chi connectivity index (χ4n) is 4.02. The molecule has 1 unspecified atom stereocenters. The average Bonchev–Trinajstić information content (AvgIpc) is 3.41. The fraction of sp³-hybridized carbons (Fsp3) is 0.385. The molecule has 6 nitrogen and oxygen atoms in total. The van der Waals surface area contributed by atoms with Crippen molar-refractivity contribution in [3.05, 3.63) is 75.8 Å². The first-order chi connectivity index (χ1) is 15.9. The van der Waals surface area contributed by atoms with Crippen LogP contribution in [-0.2, 0) is 6.42 Å². The number of rotatable bonds is 9. The van der Waals surface area contributed by atoms with Gasteiger partial charge in [0.1, 0.15) is 17.4 Å². The zero-order chi connectivity index (χ0) is 23.4. The van der Waals surface area contributed by atoms with Crippen molar-refractivity contribution >= 4 is 23.0 Å². The molecule has 0 bridgehead atoms. The molecule has 7 heteroatoms. The average molecular weight is 464 g/mol. The second kappa shape index (κ2) is 10.4. The highest BCUT2D eigenvalue weighted by atomic mass is 32.1. The maximum Gasteiger partial charge on any atom is 0.141 e. The van der Waals surface area contributed by atoms with Gasteiger partial charge in [0, 0.05) is 19.5 Å². The summed E-state index contributed by atoms with van der Waals surface area (Å²) in [5.41, 5.74) is 9.41. The van der Waals surface area contributed by atoms with Crippen LogP contribution in [0.2, 0.25) is 0 Å². The molecule has 0 saturated heterocycles. The Kier molecular flexibility index (Phi) is 7.30. The zero-order valence-corrected chi connectivity index (χ0v) is 20.7. The third-order valence-corrected chi connectivity index (χ3v) is 6.51. The number of amidine groups is 2. The molecule has 0 amide bonds. The maximum absolute atomic E-state index is 6.22. The maximum atomic E-state index is 6.22. The molecule has 1 aromatic heterocycles. The Hall–Kier alpha value is -2.90. The van der Waals surface area contributed by atoms with E-state index in [4.69, 9.17) is 15.5 Å². The smallest absolute Gasteiger partial charge is 0.141 e. The van der Waals surface area contributed by atoms with Gasteiger partial charge in [0.05, 0.1) is 28.4 Å². The van der Waals surface area contributed by atoms with Crippen molar-refractivity contribution in [2.75, 3.05) is 27.2 Å². The van der Waals surface area contributed by atoms with E-state index in [2.05, 4.69) is 53.2 Å². The van der Waals surface area contributed by atoms with Gasteiger partial charge in [0.25, 0.3) is 0 Å². The van der Waals surface area contributed by atoms with Crippen LogP contribution in [0.4, 0.5) is 0 Å². The second-order valence-electron chi connectivity index (χ2n) is 8.94. The lowest BCUT2D eigenvalue weighted by Crippen LogP contribution is -2.41. The van der Waals surface area contributed by atoms with Crippen molar-refractivity contribution in [2.24, 2.45) is 15.7 Å². The van der Waals surface area contributed by atoms with Crippen LogP contribution in [0.3, 0.4) is 0 Å². The van der Waals surface area contributed by atoms with E-state index in [1.165, 1.54) is 5.56 Å². The molecule has 4 rings (SSSR count). The van der Waals surface area contributed by atoms with Crippen molar-refractivity contribution in [1.82, 2.24) is 9.80 Å². The number of benzene rings is 1. The number of thiophene rings is 1. The Bertz CT molecular complexity index is 1060. The van der Waals surface area contributed by atoms with Crippen LogP contribution in [0.15, 0.2) is 75.3 Å². The first kappa shape index (κ1) is 23.3. The predicted molar refractivity (Wildman–Crippen MR) is 138 cm³/mol. The topological polar surface area (TPSA) is 66.5 Å². The van der Waals surface area contributed by atoms with E-state index in [1.54, 1.807) is 11.3 Å². The summed E-state index contributed by atoms with van der Waals surface area (Å²) in [6.07, 6.45) is 6.10. The largest absolute Gasteiger partial charge is 0.491 e. The van der Waals surface area contributed by atoms with E-state index in [-0.39, 0.29) is 12.1 Å². The van der Waals surface area contributed by atoms with E-state index < -0.39 is 0 Å². The standard InChI is InChI=1S/C26H33N5OS/c1-18(2)32-21-10-7-19(8-11-21)16-25-29-22-17-20(28-26(27)24-6-5-15-33-24)9-12-23(22)31(25)14-13-30(3)4/h5-11,15,17-18,23H,12-14,16H2,1-4H3,(H2,27,28). The molecule has 0 spiro atoms. The molecule has 0 saturated carbocycles. The number of fused-ring (bicyclic) bond motifs is 1. The van der Waals surface area contributed by atoms with Crippen molar-refractivity contribution in [1.29, 1.82) is 0 Å². The number of nitrogens with two attached hydrogens (primary N) is 1. The summed E-state index contributed by atoms with van der Waals surface area (Å²) in [6.45, 7) is 6.00. The molecular formula is C26H33N5OS. The van der Waals surface area contributed by atoms with Gasteiger partial charge in [-0.3, -0.25) is 0 Å². The molecule has 0 radical (unpaired) electrons. The summed E-state index contributed by atoms with van der Waals surface area (Å²) in [7, 11) is 4.22. The van der Waals surface area contributed by atoms with Crippen molar-refractivity contribution in [3.8, 4) is 5.75 Å². The van der Waals surface area contributed by atoms with Crippen molar-refractivity contribution in [2.45, 2.75) is 38.8 Å². The normalized spacial score (nSPS) is 18.4. The number of hydrogen-bond donors (Lipinski definition) is 1. The van der Waals surface area contributed by atoms with Gasteiger partial charge in [-0.15, -0.1) is 11.3 Å². The molecule has 2 heterocycles. The Labute approximate surface area is 200 Å². The Morgan fingerprint density at radius 1 is 1.27 bits per heavy atom. The highest BCUT2D eigenvalue weighted by molar-refractivity contribution is 7.12. The van der Waals surface area contributed by atoms with Crippen LogP contribution in [-0.4, -0.2) is 60.8 Å². The Morgan fingerprint density at radius 2 is 2.06 bits per heavy atom. The quantitative estimate of drug-likeness (QED) is 0.445. The molecule has 1 aliphatic heterocycles. The minimum absolute atomic E-state index is 0.171. The third kappa shape index (κ3) is 5.92. The van der Waals surface area contributed by atoms with Crippen LogP contribution in [0.1, 0.15) is 30.7 Å². The highest BCUT2D eigenvalue weighted by Gasteiger charge is 2.33. The molecule has 2 N–H and O–H groups in total. The zero-order valence-electron chi connectivity index (χ0n) is 19.9. The third-order valence-electron chi connectivity index (χ3n) is 5.62. The lowest BCUT2D eigenvalue weighted by atomic mass is 10.0. The van der Waals surface area contributed by atoms with Gasteiger partial charge in [0.2, 0.25) is 0 Å². The molecule has 1 aliphatic carbocycles. The number of ether oxygens (including phenoxy) is 1. The molecule has 2 aromatic rings. The predicted octanol–water partition coefficient (Wildman–Crippen LogP) is 4.30. The van der Waals surface area contributed by atoms with Crippen LogP contribution >= 0.6 is 11.3 Å². The lowest BCUT2D eigenvalue weighted by molar-refractivity contribution is 0.242. The minimum Gasteiger partial charge on any atom is -0.491 e. The summed E-state index contributed by atoms with van der Waals surface area (Å²) < 4.78 is 5.79. The van der Waals surface area contributed by atoms with E-state index >= 15 is 0 Å². The summed E-state index contributed by atoms with van der Waals surface area (Å²) >= 11 is 1.60. The summed E-state index contributed by atoms with van der Waals surface area (Å²) in [6, 6.07) is 12.6. The van der Waals surface area contributed by atoms with Gasteiger partial charge >= 0.3 is 0 Å². The van der Waals surface area contributed by atoms with Gasteiger partial charge in [-0.25, -0.2) is 9.98 Å². The number of nitrogens with zero attached hydrogens (tertiary/aromatic N) is 4. The first-order valence-electron chi connectivity index (χ1n) is 11.4. The van der Waals surface area contributed by atoms with E-state index in [0.29, 0.717) is 5.84 Å². The van der Waals surface area contributed by atoms with E-state index in [0.717, 1.165) is 53.8 Å². The molecule has 174 valence electrons. The van der Waals surface area contributed by atoms with Crippen LogP contribution in [0.25, 0.3) is 0 Å². The fourth-order valence-corrected chi connectivity index (χ4v) is 4.64. The van der Waals surface area contributed by atoms with Gasteiger partial charge in [0.15, 0.2) is 0 Å². The molecule has 0 fully saturated rings. The summed E-state index contributed by atoms with van der Waals surface area (Å²) in [5, 5.41) is 2.01. The Balaban J connectivity index is 1.54. The SMILES string of the molecule is CC(C)Oc1ccc(CC2=NC3=CC(N=C(N)c4cccs4)=CCC3N2CCN(C)C)cc1. The highest BCUT2D eigenvalue weighted by Crippen LogP contribution is 2.31. The summed E-state index contributed by atoms with van der Waals surface area (Å²) in [4.78, 5) is 15.4. The first-order valence-corrected chi connectivity index (χ1v) is 12.3. The van der Waals surface area contributed by atoms with Gasteiger partial charge < -0.3 is 20.3 Å². The Morgan fingerprint density at radius 3 is 2.73 bits per heavy atom. The molecule has 1 aromatic carbocycles. The van der Waals surface area contributed by atoms with E-state index in [1.807, 2.05) is 43.5 Å². The molecule has 1 atom stereocenters. The van der Waals surface area contributed by atoms with Crippen LogP contribution < -0.4 is 10.5 Å². The van der Waals surface area contributed by atoms with Crippen molar-refractivity contribution in [3.63, 3.8) is 0 Å². The molecular weight excluding hydrogens is 430 g/mol. The molecule has 33 heavy (non-hydrogen) atoms.